The summed E-state index contributed by atoms with van der Waals surface area (Å²) in [4.78, 5) is 43.7. The molecule has 2 aromatic heterocycles. The zero-order valence-electron chi connectivity index (χ0n) is 16.3. The van der Waals surface area contributed by atoms with Gasteiger partial charge >= 0.3 is 23.5 Å². The SMILES string of the molecule is C=C[C@@]1(O)[C@H](O)[C@@H](COP(=O)(O)OP(=O)(O)OP(=O)(O)O)O[C@H]1n1ccc2c(N)ncnc21. The number of phosphoric acid groups is 3. The van der Waals surface area contributed by atoms with Gasteiger partial charge in [0.15, 0.2) is 11.8 Å². The number of aliphatic hydroxyl groups excluding tert-OH is 1. The maximum atomic E-state index is 11.9. The van der Waals surface area contributed by atoms with Crippen molar-refractivity contribution in [3.05, 3.63) is 31.2 Å². The maximum absolute atomic E-state index is 11.9. The van der Waals surface area contributed by atoms with Crippen LogP contribution in [-0.4, -0.2) is 68.7 Å². The summed E-state index contributed by atoms with van der Waals surface area (Å²) in [5.41, 5.74) is 3.82. The lowest BCUT2D eigenvalue weighted by atomic mass is 9.94. The highest BCUT2D eigenvalue weighted by Gasteiger charge is 2.55. The van der Waals surface area contributed by atoms with E-state index in [0.717, 1.165) is 12.4 Å². The van der Waals surface area contributed by atoms with Crippen molar-refractivity contribution >= 4 is 40.3 Å². The highest BCUT2D eigenvalue weighted by Crippen LogP contribution is 2.66. The van der Waals surface area contributed by atoms with Crippen molar-refractivity contribution in [3.63, 3.8) is 0 Å². The van der Waals surface area contributed by atoms with Gasteiger partial charge in [0.25, 0.3) is 0 Å². The highest BCUT2D eigenvalue weighted by atomic mass is 31.3. The number of hydrogen-bond donors (Lipinski definition) is 7. The molecule has 6 atom stereocenters. The molecule has 1 aliphatic heterocycles. The zero-order chi connectivity index (χ0) is 24.8. The number of nitrogen functional groups attached to an aromatic ring is 1. The van der Waals surface area contributed by atoms with Gasteiger partial charge in [-0.15, -0.1) is 0 Å². The van der Waals surface area contributed by atoms with Crippen molar-refractivity contribution in [2.24, 2.45) is 0 Å². The number of nitrogens with zero attached hydrogens (tertiary/aromatic N) is 3. The van der Waals surface area contributed by atoms with E-state index in [1.165, 1.54) is 16.8 Å². The molecule has 2 unspecified atom stereocenters. The van der Waals surface area contributed by atoms with Gasteiger partial charge < -0.3 is 44.8 Å². The van der Waals surface area contributed by atoms with Crippen molar-refractivity contribution in [2.45, 2.75) is 24.0 Å². The Morgan fingerprint density at radius 3 is 2.48 bits per heavy atom. The summed E-state index contributed by atoms with van der Waals surface area (Å²) in [6.45, 7) is 2.47. The van der Waals surface area contributed by atoms with E-state index in [-0.39, 0.29) is 11.5 Å². The molecule has 0 radical (unpaired) electrons. The van der Waals surface area contributed by atoms with E-state index in [1.807, 2.05) is 0 Å². The first-order valence-electron chi connectivity index (χ1n) is 8.63. The van der Waals surface area contributed by atoms with E-state index < -0.39 is 54.1 Å². The summed E-state index contributed by atoms with van der Waals surface area (Å²) < 4.78 is 52.6. The third-order valence-electron chi connectivity index (χ3n) is 4.46. The van der Waals surface area contributed by atoms with Crippen LogP contribution in [0.15, 0.2) is 31.2 Å². The molecule has 1 saturated heterocycles. The van der Waals surface area contributed by atoms with Gasteiger partial charge in [0, 0.05) is 6.20 Å². The first-order chi connectivity index (χ1) is 15.1. The van der Waals surface area contributed by atoms with Crippen LogP contribution in [0.2, 0.25) is 0 Å². The van der Waals surface area contributed by atoms with Crippen molar-refractivity contribution in [3.8, 4) is 0 Å². The van der Waals surface area contributed by atoms with Crippen LogP contribution >= 0.6 is 23.5 Å². The van der Waals surface area contributed by atoms with Crippen LogP contribution in [0.4, 0.5) is 5.82 Å². The van der Waals surface area contributed by atoms with Gasteiger partial charge in [-0.2, -0.15) is 8.62 Å². The van der Waals surface area contributed by atoms with Crippen LogP contribution in [0.5, 0.6) is 0 Å². The monoisotopic (exact) mass is 532 g/mol. The minimum Gasteiger partial charge on any atom is -0.387 e. The van der Waals surface area contributed by atoms with Gasteiger partial charge in [-0.25, -0.2) is 23.7 Å². The molecule has 33 heavy (non-hydrogen) atoms. The summed E-state index contributed by atoms with van der Waals surface area (Å²) in [6.07, 6.45) is -1.18. The molecular formula is C13H19N4O13P3. The molecule has 0 spiro atoms. The predicted octanol–water partition coefficient (Wildman–Crippen LogP) is -0.468. The summed E-state index contributed by atoms with van der Waals surface area (Å²) in [6, 6.07) is 1.52. The molecule has 1 aliphatic rings. The van der Waals surface area contributed by atoms with Gasteiger partial charge in [-0.1, -0.05) is 12.7 Å². The lowest BCUT2D eigenvalue weighted by molar-refractivity contribution is -0.0765. The molecule has 0 aromatic carbocycles. The summed E-state index contributed by atoms with van der Waals surface area (Å²) in [7, 11) is -16.8. The molecule has 8 N–H and O–H groups in total. The second-order valence-electron chi connectivity index (χ2n) is 6.67. The molecule has 0 bridgehead atoms. The summed E-state index contributed by atoms with van der Waals surface area (Å²) in [5, 5.41) is 21.9. The van der Waals surface area contributed by atoms with Gasteiger partial charge in [-0.05, 0) is 6.07 Å². The minimum atomic E-state index is -5.73. The first-order valence-corrected chi connectivity index (χ1v) is 13.2. The lowest BCUT2D eigenvalue weighted by Gasteiger charge is -2.28. The number of hydrogen-bond acceptors (Lipinski definition) is 12. The smallest absolute Gasteiger partial charge is 0.387 e. The van der Waals surface area contributed by atoms with Crippen LogP contribution in [0.25, 0.3) is 11.0 Å². The lowest BCUT2D eigenvalue weighted by Crippen LogP contribution is -2.45. The molecule has 1 fully saturated rings. The molecule has 3 heterocycles. The molecule has 0 amide bonds. The van der Waals surface area contributed by atoms with E-state index in [9.17, 15) is 33.7 Å². The topological polar surface area (TPSA) is 266 Å². The Balaban J connectivity index is 1.79. The molecule has 2 aromatic rings. The van der Waals surface area contributed by atoms with Gasteiger partial charge in [0.2, 0.25) is 0 Å². The van der Waals surface area contributed by atoms with Crippen molar-refractivity contribution < 1.29 is 61.4 Å². The normalized spacial score (nSPS) is 29.6. The summed E-state index contributed by atoms with van der Waals surface area (Å²) in [5.74, 6) is 0.128. The van der Waals surface area contributed by atoms with E-state index in [0.29, 0.717) is 5.39 Å². The number of phosphoric ester groups is 1. The first kappa shape index (κ1) is 26.1. The second kappa shape index (κ2) is 8.91. The Bertz CT molecular complexity index is 1200. The van der Waals surface area contributed by atoms with E-state index in [4.69, 9.17) is 20.3 Å². The average Bonchev–Trinajstić information content (AvgIpc) is 3.18. The molecular weight excluding hydrogens is 513 g/mol. The van der Waals surface area contributed by atoms with Gasteiger partial charge in [0.1, 0.15) is 30.0 Å². The Morgan fingerprint density at radius 2 is 1.88 bits per heavy atom. The van der Waals surface area contributed by atoms with Crippen molar-refractivity contribution in [1.82, 2.24) is 14.5 Å². The standard InChI is InChI=1S/C13H19N4O13P3/c1-2-13(19)9(18)8(5-27-32(23,24)30-33(25,26)29-31(20,21)22)28-12(13)17-4-3-7-10(14)15-6-16-11(7)17/h2-4,6,8-9,12,18-19H,1,5H2,(H,23,24)(H,25,26)(H2,14,15,16)(H2,20,21,22)/t8-,9-,12-,13-/m1/s1. The Kier molecular flexibility index (Phi) is 7.03. The fourth-order valence-corrected chi connectivity index (χ4v) is 6.11. The Labute approximate surface area is 184 Å². The Morgan fingerprint density at radius 1 is 1.21 bits per heavy atom. The largest absolute Gasteiger partial charge is 0.490 e. The third kappa shape index (κ3) is 5.58. The van der Waals surface area contributed by atoms with Crippen LogP contribution in [0.1, 0.15) is 6.23 Å². The number of fused-ring (bicyclic) bond motifs is 1. The summed E-state index contributed by atoms with van der Waals surface area (Å²) >= 11 is 0. The fraction of sp³-hybridized carbons (Fsp3) is 0.385. The molecule has 17 nitrogen and oxygen atoms in total. The molecule has 3 rings (SSSR count). The molecule has 184 valence electrons. The molecule has 0 saturated carbocycles. The second-order valence-corrected chi connectivity index (χ2v) is 11.1. The minimum absolute atomic E-state index is 0.128. The number of aliphatic hydroxyl groups is 2. The van der Waals surface area contributed by atoms with Gasteiger partial charge in [-0.3, -0.25) is 4.52 Å². The predicted molar refractivity (Wildman–Crippen MR) is 107 cm³/mol. The van der Waals surface area contributed by atoms with Crippen molar-refractivity contribution in [1.29, 1.82) is 0 Å². The van der Waals surface area contributed by atoms with Crippen LogP contribution < -0.4 is 5.73 Å². The van der Waals surface area contributed by atoms with Crippen LogP contribution in [0, 0.1) is 0 Å². The number of rotatable bonds is 9. The van der Waals surface area contributed by atoms with E-state index >= 15 is 0 Å². The Hall–Kier alpha value is -1.55. The zero-order valence-corrected chi connectivity index (χ0v) is 18.9. The van der Waals surface area contributed by atoms with E-state index in [1.54, 1.807) is 0 Å². The fourth-order valence-electron chi connectivity index (χ4n) is 3.08. The van der Waals surface area contributed by atoms with Gasteiger partial charge in [0.05, 0.1) is 12.0 Å². The third-order valence-corrected chi connectivity index (χ3v) is 8.27. The number of ether oxygens (including phenoxy) is 1. The number of nitrogens with two attached hydrogens (primary N) is 1. The van der Waals surface area contributed by atoms with E-state index in [2.05, 4.69) is 29.7 Å². The number of aromatic nitrogens is 3. The molecule has 0 aliphatic carbocycles. The van der Waals surface area contributed by atoms with Crippen molar-refractivity contribution in [2.75, 3.05) is 12.3 Å². The van der Waals surface area contributed by atoms with Crippen LogP contribution in [-0.2, 0) is 31.6 Å². The average molecular weight is 532 g/mol. The maximum Gasteiger partial charge on any atom is 0.490 e. The number of anilines is 1. The quantitative estimate of drug-likeness (QED) is 0.159. The molecule has 20 heteroatoms. The van der Waals surface area contributed by atoms with Crippen LogP contribution in [0.3, 0.4) is 0 Å². The highest BCUT2D eigenvalue weighted by molar-refractivity contribution is 7.66.